The van der Waals surface area contributed by atoms with Crippen molar-refractivity contribution in [2.24, 2.45) is 0 Å². The number of likely N-dealkylation sites (tertiary alicyclic amines) is 1. The van der Waals surface area contributed by atoms with Gasteiger partial charge < -0.3 is 14.8 Å². The molecule has 1 aliphatic heterocycles. The summed E-state index contributed by atoms with van der Waals surface area (Å²) in [6, 6.07) is 15.1. The third kappa shape index (κ3) is 6.61. The molecule has 2 atom stereocenters. The Morgan fingerprint density at radius 3 is 2.38 bits per heavy atom. The van der Waals surface area contributed by atoms with Gasteiger partial charge in [0, 0.05) is 37.3 Å². The lowest BCUT2D eigenvalue weighted by Crippen LogP contribution is -2.52. The molecule has 2 unspecified atom stereocenters. The zero-order chi connectivity index (χ0) is 27.4. The number of β-amino-alcohol motifs (C(OH)–C–C–N with tert-alkyl or cyclic N) is 1. The summed E-state index contributed by atoms with van der Waals surface area (Å²) in [5.74, 6) is 0. The quantitative estimate of drug-likeness (QED) is 0.448. The Labute approximate surface area is 216 Å². The van der Waals surface area contributed by atoms with Crippen molar-refractivity contribution in [1.82, 2.24) is 9.47 Å². The van der Waals surface area contributed by atoms with Crippen LogP contribution in [0.15, 0.2) is 65.6 Å². The Kier molecular flexibility index (Phi) is 8.88. The molecule has 3 aromatic rings. The van der Waals surface area contributed by atoms with Crippen LogP contribution >= 0.6 is 0 Å². The van der Waals surface area contributed by atoms with Crippen molar-refractivity contribution in [2.45, 2.75) is 76.9 Å². The van der Waals surface area contributed by atoms with Crippen LogP contribution in [0.4, 0.5) is 13.2 Å². The van der Waals surface area contributed by atoms with Gasteiger partial charge in [-0.2, -0.15) is 13.2 Å². The second-order valence-corrected chi connectivity index (χ2v) is 10.3. The highest BCUT2D eigenvalue weighted by atomic mass is 19.4. The first-order valence-corrected chi connectivity index (χ1v) is 12.8. The minimum absolute atomic E-state index is 0.282. The molecule has 0 aliphatic carbocycles. The van der Waals surface area contributed by atoms with Crippen molar-refractivity contribution >= 4 is 10.9 Å². The summed E-state index contributed by atoms with van der Waals surface area (Å²) in [4.78, 5) is 14.3. The van der Waals surface area contributed by atoms with E-state index in [1.807, 2.05) is 32.0 Å². The standard InChI is InChI=1S/C27H31F3N2O3.C2H6/c1-25(2,20-7-5-6-19(14-20)15-31-12-10-21(33)16-31)17-26(35,27(28,29)30)18-32-13-11-24(34)22-8-3-4-9-23(22)32;1-2/h3-9,11,13-14,21,33,35H,10,12,15-18H2,1-2H3;1-2H3. The van der Waals surface area contributed by atoms with Crippen molar-refractivity contribution in [3.05, 3.63) is 82.1 Å². The molecule has 1 aliphatic rings. The smallest absolute Gasteiger partial charge is 0.392 e. The van der Waals surface area contributed by atoms with Crippen molar-refractivity contribution in [2.75, 3.05) is 13.1 Å². The number of hydrogen-bond donors (Lipinski definition) is 2. The molecule has 5 nitrogen and oxygen atoms in total. The number of benzene rings is 2. The minimum atomic E-state index is -4.89. The number of alkyl halides is 3. The summed E-state index contributed by atoms with van der Waals surface area (Å²) >= 11 is 0. The third-order valence-electron chi connectivity index (χ3n) is 6.94. The molecule has 0 amide bonds. The van der Waals surface area contributed by atoms with Gasteiger partial charge in [-0.25, -0.2) is 0 Å². The summed E-state index contributed by atoms with van der Waals surface area (Å²) in [5.41, 5.74) is -2.32. The van der Waals surface area contributed by atoms with Gasteiger partial charge in [-0.1, -0.05) is 64.1 Å². The molecule has 8 heteroatoms. The van der Waals surface area contributed by atoms with Crippen LogP contribution in [0.5, 0.6) is 0 Å². The zero-order valence-electron chi connectivity index (χ0n) is 21.9. The van der Waals surface area contributed by atoms with Gasteiger partial charge in [0.2, 0.25) is 0 Å². The van der Waals surface area contributed by atoms with Crippen molar-refractivity contribution in [1.29, 1.82) is 0 Å². The molecule has 202 valence electrons. The number of pyridine rings is 1. The molecular weight excluding hydrogens is 481 g/mol. The Bertz CT molecular complexity index is 1250. The fourth-order valence-electron chi connectivity index (χ4n) is 5.06. The Hall–Kier alpha value is -2.68. The summed E-state index contributed by atoms with van der Waals surface area (Å²) in [7, 11) is 0. The van der Waals surface area contributed by atoms with Crippen LogP contribution in [0.25, 0.3) is 10.9 Å². The highest BCUT2D eigenvalue weighted by molar-refractivity contribution is 5.78. The van der Waals surface area contributed by atoms with Gasteiger partial charge in [-0.05, 0) is 41.5 Å². The highest BCUT2D eigenvalue weighted by Gasteiger charge is 2.56. The van der Waals surface area contributed by atoms with Gasteiger partial charge in [-0.3, -0.25) is 9.69 Å². The van der Waals surface area contributed by atoms with E-state index in [9.17, 15) is 28.2 Å². The number of hydrogen-bond acceptors (Lipinski definition) is 4. The maximum Gasteiger partial charge on any atom is 0.418 e. The molecule has 37 heavy (non-hydrogen) atoms. The van der Waals surface area contributed by atoms with E-state index in [0.717, 1.165) is 12.1 Å². The molecule has 2 aromatic carbocycles. The minimum Gasteiger partial charge on any atom is -0.392 e. The summed E-state index contributed by atoms with van der Waals surface area (Å²) in [6.45, 7) is 8.63. The van der Waals surface area contributed by atoms with E-state index in [1.165, 1.54) is 16.8 Å². The number of halogens is 3. The maximum absolute atomic E-state index is 14.3. The molecular formula is C29H37F3N2O3. The monoisotopic (exact) mass is 518 g/mol. The number of aromatic nitrogens is 1. The second kappa shape index (κ2) is 11.4. The van der Waals surface area contributed by atoms with Gasteiger partial charge >= 0.3 is 6.18 Å². The SMILES string of the molecule is CC.CC(C)(CC(O)(Cn1ccc(=O)c2ccccc21)C(F)(F)F)c1cccc(CN2CCC(O)C2)c1. The van der Waals surface area contributed by atoms with E-state index < -0.39 is 30.2 Å². The molecule has 1 fully saturated rings. The van der Waals surface area contributed by atoms with E-state index in [-0.39, 0.29) is 11.5 Å². The topological polar surface area (TPSA) is 65.7 Å². The lowest BCUT2D eigenvalue weighted by Gasteiger charge is -2.38. The molecule has 2 heterocycles. The number of rotatable bonds is 7. The molecule has 0 saturated carbocycles. The number of nitrogens with zero attached hydrogens (tertiary/aromatic N) is 2. The molecule has 0 radical (unpaired) electrons. The van der Waals surface area contributed by atoms with Crippen molar-refractivity contribution in [3.8, 4) is 0 Å². The summed E-state index contributed by atoms with van der Waals surface area (Å²) in [6.07, 6.45) is -3.78. The van der Waals surface area contributed by atoms with Gasteiger partial charge in [0.05, 0.1) is 18.2 Å². The Balaban J connectivity index is 0.00000186. The number of fused-ring (bicyclic) bond motifs is 1. The number of aliphatic hydroxyl groups is 2. The van der Waals surface area contributed by atoms with Gasteiger partial charge in [0.25, 0.3) is 0 Å². The summed E-state index contributed by atoms with van der Waals surface area (Å²) in [5, 5.41) is 21.2. The summed E-state index contributed by atoms with van der Waals surface area (Å²) < 4.78 is 44.3. The van der Waals surface area contributed by atoms with Gasteiger partial charge in [0.15, 0.2) is 11.0 Å². The first kappa shape index (κ1) is 28.9. The van der Waals surface area contributed by atoms with Crippen LogP contribution in [0.1, 0.15) is 51.7 Å². The van der Waals surface area contributed by atoms with Crippen LogP contribution in [-0.4, -0.2) is 50.7 Å². The lowest BCUT2D eigenvalue weighted by molar-refractivity contribution is -0.271. The van der Waals surface area contributed by atoms with Crippen LogP contribution in [-0.2, 0) is 18.5 Å². The van der Waals surface area contributed by atoms with Gasteiger partial charge in [0.1, 0.15) is 0 Å². The maximum atomic E-state index is 14.3. The molecule has 0 bridgehead atoms. The van der Waals surface area contributed by atoms with Crippen LogP contribution < -0.4 is 5.43 Å². The lowest BCUT2D eigenvalue weighted by atomic mass is 9.74. The molecule has 1 saturated heterocycles. The fraction of sp³-hybridized carbons (Fsp3) is 0.483. The predicted octanol–water partition coefficient (Wildman–Crippen LogP) is 5.26. The van der Waals surface area contributed by atoms with Crippen molar-refractivity contribution in [3.63, 3.8) is 0 Å². The Morgan fingerprint density at radius 2 is 1.73 bits per heavy atom. The van der Waals surface area contributed by atoms with Crippen molar-refractivity contribution < 1.29 is 23.4 Å². The normalized spacial score (nSPS) is 18.4. The molecule has 4 rings (SSSR count). The first-order valence-electron chi connectivity index (χ1n) is 12.8. The average Bonchev–Trinajstić information content (AvgIpc) is 3.26. The largest absolute Gasteiger partial charge is 0.418 e. The van der Waals surface area contributed by atoms with E-state index in [4.69, 9.17) is 0 Å². The number of para-hydroxylation sites is 1. The molecule has 0 spiro atoms. The van der Waals surface area contributed by atoms with E-state index in [2.05, 4.69) is 4.90 Å². The van der Waals surface area contributed by atoms with Crippen LogP contribution in [0.2, 0.25) is 0 Å². The third-order valence-corrected chi connectivity index (χ3v) is 6.94. The van der Waals surface area contributed by atoms with Crippen LogP contribution in [0.3, 0.4) is 0 Å². The van der Waals surface area contributed by atoms with E-state index in [1.54, 1.807) is 44.2 Å². The van der Waals surface area contributed by atoms with E-state index in [0.29, 0.717) is 36.0 Å². The fourth-order valence-corrected chi connectivity index (χ4v) is 5.06. The predicted molar refractivity (Wildman–Crippen MR) is 141 cm³/mol. The van der Waals surface area contributed by atoms with Gasteiger partial charge in [-0.15, -0.1) is 0 Å². The zero-order valence-corrected chi connectivity index (χ0v) is 21.9. The average molecular weight is 519 g/mol. The molecule has 1 aromatic heterocycles. The second-order valence-electron chi connectivity index (χ2n) is 10.3. The van der Waals surface area contributed by atoms with E-state index >= 15 is 0 Å². The first-order chi connectivity index (χ1) is 17.4. The van der Waals surface area contributed by atoms with Crippen LogP contribution in [0, 0.1) is 0 Å². The number of aliphatic hydroxyl groups excluding tert-OH is 1. The Morgan fingerprint density at radius 1 is 1.03 bits per heavy atom. The highest BCUT2D eigenvalue weighted by Crippen LogP contribution is 2.42. The molecule has 2 N–H and O–H groups in total.